The molecule has 0 amide bonds. The second kappa shape index (κ2) is 15.0. The summed E-state index contributed by atoms with van der Waals surface area (Å²) in [4.78, 5) is 3.77. The Balaban J connectivity index is 0.000000264. The van der Waals surface area contributed by atoms with E-state index in [0.717, 1.165) is 16.7 Å². The van der Waals surface area contributed by atoms with E-state index >= 15 is 0 Å². The first-order valence-electron chi connectivity index (χ1n) is 10.1. The first kappa shape index (κ1) is 29.9. The number of benzene rings is 2. The Morgan fingerprint density at radius 2 is 1.20 bits per heavy atom. The third kappa shape index (κ3) is 13.4. The van der Waals surface area contributed by atoms with Crippen molar-refractivity contribution < 1.29 is 30.7 Å². The summed E-state index contributed by atoms with van der Waals surface area (Å²) in [6.45, 7) is 5.07. The minimum atomic E-state index is -4.02. The number of hydrogen-bond acceptors (Lipinski definition) is 7. The van der Waals surface area contributed by atoms with Gasteiger partial charge in [0.1, 0.15) is 6.61 Å². The number of aromatic nitrogens is 1. The van der Waals surface area contributed by atoms with Crippen LogP contribution in [0.15, 0.2) is 82.8 Å². The zero-order chi connectivity index (χ0) is 26.3. The predicted molar refractivity (Wildman–Crippen MR) is 133 cm³/mol. The fraction of sp³-hybridized carbons (Fsp3) is 0.208. The molecule has 3 rings (SSSR count). The molecule has 0 aliphatic carbocycles. The van der Waals surface area contributed by atoms with Crippen LogP contribution in [0, 0.1) is 25.7 Å². The summed E-state index contributed by atoms with van der Waals surface area (Å²) in [6.07, 6.45) is 3.48. The van der Waals surface area contributed by atoms with Crippen molar-refractivity contribution in [2.24, 2.45) is 5.73 Å². The van der Waals surface area contributed by atoms with Gasteiger partial charge < -0.3 is 10.5 Å². The van der Waals surface area contributed by atoms with Gasteiger partial charge in [-0.15, -0.1) is 0 Å². The van der Waals surface area contributed by atoms with E-state index in [4.69, 9.17) is 19.6 Å². The van der Waals surface area contributed by atoms with Crippen LogP contribution in [0.25, 0.3) is 0 Å². The minimum absolute atomic E-state index is 0.0666. The Kier molecular flexibility index (Phi) is 12.8. The molecule has 0 spiro atoms. The molecule has 0 bridgehead atoms. The summed E-state index contributed by atoms with van der Waals surface area (Å²) in [5, 5.41) is 0. The lowest BCUT2D eigenvalue weighted by atomic mass is 10.2. The molecule has 4 N–H and O–H groups in total. The number of pyridine rings is 1. The van der Waals surface area contributed by atoms with E-state index in [1.807, 2.05) is 26.0 Å². The van der Waals surface area contributed by atoms with Gasteiger partial charge in [-0.25, -0.2) is 0 Å². The van der Waals surface area contributed by atoms with E-state index in [0.29, 0.717) is 19.8 Å². The van der Waals surface area contributed by atoms with Gasteiger partial charge in [0, 0.05) is 12.4 Å². The maximum Gasteiger partial charge on any atom is 0.294 e. The van der Waals surface area contributed by atoms with E-state index in [9.17, 15) is 16.8 Å². The van der Waals surface area contributed by atoms with Crippen LogP contribution in [-0.4, -0.2) is 44.1 Å². The average Bonchev–Trinajstić information content (AvgIpc) is 2.80. The quantitative estimate of drug-likeness (QED) is 0.261. The SMILES string of the molecule is Cc1ccc(S(=O)(=O)O)cc1.Cc1ccc(S(=O)(=O)O)cc1.NCC#CCOCc1ccncc1. The second-order valence-electron chi connectivity index (χ2n) is 6.98. The standard InChI is InChI=1S/C10H12N2O.2C7H8O3S/c11-5-1-2-8-13-9-10-3-6-12-7-4-10;2*1-6-2-4-7(5-3-6)11(8,9)10/h3-4,6-7H,5,8-9,11H2;2*2-5H,1H3,(H,8,9,10). The highest BCUT2D eigenvalue weighted by atomic mass is 32.2. The normalized spacial score (nSPS) is 10.5. The maximum atomic E-state index is 10.5. The van der Waals surface area contributed by atoms with Gasteiger partial charge in [-0.3, -0.25) is 14.1 Å². The van der Waals surface area contributed by atoms with Crippen LogP contribution in [0.1, 0.15) is 16.7 Å². The monoisotopic (exact) mass is 520 g/mol. The molecule has 0 fully saturated rings. The lowest BCUT2D eigenvalue weighted by Crippen LogP contribution is -1.96. The Morgan fingerprint density at radius 3 is 1.57 bits per heavy atom. The van der Waals surface area contributed by atoms with Crippen LogP contribution < -0.4 is 5.73 Å². The van der Waals surface area contributed by atoms with Crippen molar-refractivity contribution in [3.05, 3.63) is 89.7 Å². The Labute approximate surface area is 206 Å². The fourth-order valence-corrected chi connectivity index (χ4v) is 3.20. The molecular formula is C24H28N2O7S2. The molecule has 0 radical (unpaired) electrons. The lowest BCUT2D eigenvalue weighted by Gasteiger charge is -1.98. The number of nitrogens with two attached hydrogens (primary N) is 1. The molecule has 2 aromatic carbocycles. The van der Waals surface area contributed by atoms with Crippen molar-refractivity contribution >= 4 is 20.2 Å². The molecule has 0 atom stereocenters. The fourth-order valence-electron chi connectivity index (χ4n) is 2.24. The largest absolute Gasteiger partial charge is 0.364 e. The van der Waals surface area contributed by atoms with Crippen molar-refractivity contribution in [1.82, 2.24) is 4.98 Å². The number of rotatable bonds is 5. The van der Waals surface area contributed by atoms with Crippen molar-refractivity contribution in [3.63, 3.8) is 0 Å². The molecule has 0 aliphatic rings. The van der Waals surface area contributed by atoms with Gasteiger partial charge in [0.2, 0.25) is 0 Å². The van der Waals surface area contributed by atoms with E-state index in [1.54, 1.807) is 36.7 Å². The highest BCUT2D eigenvalue weighted by molar-refractivity contribution is 7.86. The molecule has 0 saturated carbocycles. The third-order valence-electron chi connectivity index (χ3n) is 4.06. The molecule has 1 heterocycles. The van der Waals surface area contributed by atoms with Crippen LogP contribution in [0.4, 0.5) is 0 Å². The molecular weight excluding hydrogens is 492 g/mol. The van der Waals surface area contributed by atoms with Gasteiger partial charge in [0.25, 0.3) is 20.2 Å². The predicted octanol–water partition coefficient (Wildman–Crippen LogP) is 3.04. The summed E-state index contributed by atoms with van der Waals surface area (Å²) in [5.74, 6) is 5.52. The number of hydrogen-bond donors (Lipinski definition) is 3. The van der Waals surface area contributed by atoms with Gasteiger partial charge >= 0.3 is 0 Å². The van der Waals surface area contributed by atoms with E-state index < -0.39 is 20.2 Å². The average molecular weight is 521 g/mol. The summed E-state index contributed by atoms with van der Waals surface area (Å²) >= 11 is 0. The van der Waals surface area contributed by atoms with E-state index in [-0.39, 0.29) is 9.79 Å². The van der Waals surface area contributed by atoms with E-state index in [1.165, 1.54) is 24.3 Å². The van der Waals surface area contributed by atoms with Gasteiger partial charge in [0.05, 0.1) is 22.9 Å². The molecule has 11 heteroatoms. The molecule has 35 heavy (non-hydrogen) atoms. The van der Waals surface area contributed by atoms with Crippen LogP contribution in [0.5, 0.6) is 0 Å². The third-order valence-corrected chi connectivity index (χ3v) is 5.79. The van der Waals surface area contributed by atoms with Crippen LogP contribution in [-0.2, 0) is 31.6 Å². The molecule has 188 valence electrons. The second-order valence-corrected chi connectivity index (χ2v) is 9.83. The molecule has 1 aromatic heterocycles. The first-order chi connectivity index (χ1) is 16.4. The van der Waals surface area contributed by atoms with Crippen molar-refractivity contribution in [3.8, 4) is 11.8 Å². The highest BCUT2D eigenvalue weighted by Crippen LogP contribution is 2.09. The van der Waals surface area contributed by atoms with Crippen molar-refractivity contribution in [2.45, 2.75) is 30.2 Å². The van der Waals surface area contributed by atoms with Gasteiger partial charge in [-0.2, -0.15) is 16.8 Å². The van der Waals surface area contributed by atoms with Gasteiger partial charge in [0.15, 0.2) is 0 Å². The maximum absolute atomic E-state index is 10.5. The van der Waals surface area contributed by atoms with Crippen LogP contribution >= 0.6 is 0 Å². The van der Waals surface area contributed by atoms with Crippen LogP contribution in [0.2, 0.25) is 0 Å². The molecule has 9 nitrogen and oxygen atoms in total. The van der Waals surface area contributed by atoms with Crippen LogP contribution in [0.3, 0.4) is 0 Å². The lowest BCUT2D eigenvalue weighted by molar-refractivity contribution is 0.153. The highest BCUT2D eigenvalue weighted by Gasteiger charge is 2.07. The zero-order valence-corrected chi connectivity index (χ0v) is 21.0. The summed E-state index contributed by atoms with van der Waals surface area (Å²) in [6, 6.07) is 15.8. The Morgan fingerprint density at radius 1 is 0.771 bits per heavy atom. The summed E-state index contributed by atoms with van der Waals surface area (Å²) in [7, 11) is -8.04. The first-order valence-corrected chi connectivity index (χ1v) is 13.0. The molecule has 3 aromatic rings. The number of nitrogens with zero attached hydrogens (tertiary/aromatic N) is 1. The van der Waals surface area contributed by atoms with Crippen molar-refractivity contribution in [2.75, 3.05) is 13.2 Å². The molecule has 0 aliphatic heterocycles. The Hall–Kier alpha value is -3.11. The molecule has 0 saturated heterocycles. The summed E-state index contributed by atoms with van der Waals surface area (Å²) in [5.41, 5.74) is 8.20. The summed E-state index contributed by atoms with van der Waals surface area (Å²) < 4.78 is 64.4. The number of aryl methyl sites for hydroxylation is 2. The van der Waals surface area contributed by atoms with Gasteiger partial charge in [-0.05, 0) is 55.8 Å². The minimum Gasteiger partial charge on any atom is -0.364 e. The van der Waals surface area contributed by atoms with E-state index in [2.05, 4.69) is 16.8 Å². The topological polar surface area (TPSA) is 157 Å². The number of ether oxygens (including phenoxy) is 1. The Bertz CT molecular complexity index is 1220. The zero-order valence-electron chi connectivity index (χ0n) is 19.3. The van der Waals surface area contributed by atoms with Crippen molar-refractivity contribution in [1.29, 1.82) is 0 Å². The van der Waals surface area contributed by atoms with Gasteiger partial charge in [-0.1, -0.05) is 47.2 Å². The molecule has 0 unspecified atom stereocenters. The smallest absolute Gasteiger partial charge is 0.294 e.